The van der Waals surface area contributed by atoms with Crippen LogP contribution in [-0.4, -0.2) is 21.1 Å². The fourth-order valence-corrected chi connectivity index (χ4v) is 6.60. The van der Waals surface area contributed by atoms with Crippen LogP contribution < -0.4 is 5.32 Å². The van der Waals surface area contributed by atoms with Gasteiger partial charge in [-0.3, -0.25) is 15.1 Å². The molecule has 0 radical (unpaired) electrons. The predicted octanol–water partition coefficient (Wildman–Crippen LogP) is 3.52. The number of carbonyl (C=O) groups excluding carboxylic acids is 1. The highest BCUT2D eigenvalue weighted by Crippen LogP contribution is 2.61. The zero-order valence-corrected chi connectivity index (χ0v) is 15.1. The molecule has 4 saturated carbocycles. The van der Waals surface area contributed by atoms with Crippen LogP contribution in [0.25, 0.3) is 0 Å². The SMILES string of the molecule is N#Cc1ccnc(C(=O)Nc2nnc(C34CC5CC(CC(C5)C3)C4)s2)c1. The molecule has 4 fully saturated rings. The van der Waals surface area contributed by atoms with Gasteiger partial charge in [-0.05, 0) is 68.4 Å². The van der Waals surface area contributed by atoms with E-state index in [1.54, 1.807) is 6.07 Å². The van der Waals surface area contributed by atoms with Gasteiger partial charge in [0.2, 0.25) is 5.13 Å². The molecule has 1 amide bonds. The minimum Gasteiger partial charge on any atom is -0.295 e. The lowest BCUT2D eigenvalue weighted by Crippen LogP contribution is -2.48. The van der Waals surface area contributed by atoms with E-state index in [4.69, 9.17) is 5.26 Å². The summed E-state index contributed by atoms with van der Waals surface area (Å²) in [7, 11) is 0. The number of nitrogens with one attached hydrogen (secondary N) is 1. The summed E-state index contributed by atoms with van der Waals surface area (Å²) in [6, 6.07) is 5.08. The van der Waals surface area contributed by atoms with Crippen molar-refractivity contribution >= 4 is 22.4 Å². The second kappa shape index (κ2) is 5.85. The molecule has 6 rings (SSSR count). The Balaban J connectivity index is 1.36. The van der Waals surface area contributed by atoms with Crippen molar-refractivity contribution in [1.29, 1.82) is 5.26 Å². The van der Waals surface area contributed by atoms with Gasteiger partial charge in [-0.15, -0.1) is 10.2 Å². The van der Waals surface area contributed by atoms with Crippen LogP contribution in [0.5, 0.6) is 0 Å². The summed E-state index contributed by atoms with van der Waals surface area (Å²) in [4.78, 5) is 16.4. The Bertz CT molecular complexity index is 879. The molecule has 0 aliphatic heterocycles. The number of nitrogens with zero attached hydrogens (tertiary/aromatic N) is 4. The minimum absolute atomic E-state index is 0.189. The number of nitriles is 1. The lowest BCUT2D eigenvalue weighted by molar-refractivity contribution is -0.00555. The van der Waals surface area contributed by atoms with Crippen molar-refractivity contribution in [2.24, 2.45) is 17.8 Å². The Hall–Kier alpha value is -2.33. The standard InChI is InChI=1S/C19H19N5OS/c20-10-11-1-2-21-15(6-11)16(25)22-18-24-23-17(26-18)19-7-12-3-13(8-19)5-14(4-12)9-19/h1-2,6,12-14H,3-5,7-9H2,(H,22,24,25). The maximum atomic E-state index is 12.4. The van der Waals surface area contributed by atoms with Crippen molar-refractivity contribution in [2.75, 3.05) is 5.32 Å². The van der Waals surface area contributed by atoms with Gasteiger partial charge in [0.15, 0.2) is 0 Å². The monoisotopic (exact) mass is 365 g/mol. The molecule has 1 N–H and O–H groups in total. The van der Waals surface area contributed by atoms with Gasteiger partial charge in [0, 0.05) is 11.6 Å². The number of anilines is 1. The van der Waals surface area contributed by atoms with Gasteiger partial charge in [0.1, 0.15) is 10.7 Å². The fourth-order valence-electron chi connectivity index (χ4n) is 5.65. The first-order chi connectivity index (χ1) is 12.6. The summed E-state index contributed by atoms with van der Waals surface area (Å²) in [5, 5.41) is 22.1. The first kappa shape index (κ1) is 15.9. The van der Waals surface area contributed by atoms with Gasteiger partial charge in [-0.2, -0.15) is 5.26 Å². The molecular formula is C19H19N5OS. The van der Waals surface area contributed by atoms with E-state index in [1.807, 2.05) is 6.07 Å². The zero-order valence-electron chi connectivity index (χ0n) is 14.3. The maximum absolute atomic E-state index is 12.4. The lowest BCUT2D eigenvalue weighted by Gasteiger charge is -2.55. The summed E-state index contributed by atoms with van der Waals surface area (Å²) in [5.74, 6) is 2.19. The topological polar surface area (TPSA) is 91.6 Å². The van der Waals surface area contributed by atoms with Crippen LogP contribution in [0, 0.1) is 29.1 Å². The summed E-state index contributed by atoms with van der Waals surface area (Å²) in [6.45, 7) is 0. The van der Waals surface area contributed by atoms with Gasteiger partial charge in [-0.1, -0.05) is 11.3 Å². The third-order valence-corrected chi connectivity index (χ3v) is 7.34. The van der Waals surface area contributed by atoms with Crippen molar-refractivity contribution in [3.63, 3.8) is 0 Å². The number of hydrogen-bond donors (Lipinski definition) is 1. The van der Waals surface area contributed by atoms with E-state index in [1.165, 1.54) is 62.1 Å². The molecule has 0 unspecified atom stereocenters. The summed E-state index contributed by atoms with van der Waals surface area (Å²) in [5.41, 5.74) is 0.821. The van der Waals surface area contributed by atoms with Crippen molar-refractivity contribution < 1.29 is 4.79 Å². The molecule has 0 atom stereocenters. The highest BCUT2D eigenvalue weighted by Gasteiger charge is 2.53. The highest BCUT2D eigenvalue weighted by molar-refractivity contribution is 7.15. The van der Waals surface area contributed by atoms with Gasteiger partial charge in [0.05, 0.1) is 11.6 Å². The molecule has 4 aliphatic rings. The Morgan fingerprint density at radius 3 is 2.54 bits per heavy atom. The molecule has 26 heavy (non-hydrogen) atoms. The normalized spacial score (nSPS) is 31.6. The molecule has 0 spiro atoms. The van der Waals surface area contributed by atoms with E-state index in [-0.39, 0.29) is 17.0 Å². The average Bonchev–Trinajstić information content (AvgIpc) is 3.10. The van der Waals surface area contributed by atoms with Crippen LogP contribution in [0.4, 0.5) is 5.13 Å². The molecule has 7 heteroatoms. The van der Waals surface area contributed by atoms with E-state index >= 15 is 0 Å². The number of rotatable bonds is 3. The molecule has 132 valence electrons. The molecule has 2 aromatic rings. The maximum Gasteiger partial charge on any atom is 0.276 e. The van der Waals surface area contributed by atoms with Crippen LogP contribution in [0.1, 0.15) is 59.6 Å². The molecule has 0 saturated heterocycles. The molecule has 2 aromatic heterocycles. The van der Waals surface area contributed by atoms with E-state index < -0.39 is 0 Å². The summed E-state index contributed by atoms with van der Waals surface area (Å²) < 4.78 is 0. The Kier molecular flexibility index (Phi) is 3.57. The van der Waals surface area contributed by atoms with E-state index in [2.05, 4.69) is 20.5 Å². The summed E-state index contributed by atoms with van der Waals surface area (Å²) in [6.07, 6.45) is 9.33. The number of carbonyl (C=O) groups is 1. The number of hydrogen-bond acceptors (Lipinski definition) is 6. The lowest BCUT2D eigenvalue weighted by atomic mass is 9.50. The first-order valence-corrected chi connectivity index (χ1v) is 9.97. The second-order valence-corrected chi connectivity index (χ2v) is 9.08. The van der Waals surface area contributed by atoms with Crippen molar-refractivity contribution in [2.45, 2.75) is 43.9 Å². The fraction of sp³-hybridized carbons (Fsp3) is 0.526. The summed E-state index contributed by atoms with van der Waals surface area (Å²) >= 11 is 1.51. The molecule has 6 nitrogen and oxygen atoms in total. The number of amides is 1. The Morgan fingerprint density at radius 2 is 1.88 bits per heavy atom. The second-order valence-electron chi connectivity index (χ2n) is 8.11. The molecular weight excluding hydrogens is 346 g/mol. The minimum atomic E-state index is -0.352. The van der Waals surface area contributed by atoms with Crippen LogP contribution in [0.2, 0.25) is 0 Å². The van der Waals surface area contributed by atoms with Crippen molar-refractivity contribution in [3.8, 4) is 6.07 Å². The van der Waals surface area contributed by atoms with Crippen molar-refractivity contribution in [1.82, 2.24) is 15.2 Å². The van der Waals surface area contributed by atoms with Gasteiger partial charge in [0.25, 0.3) is 5.91 Å². The van der Waals surface area contributed by atoms with Crippen LogP contribution in [-0.2, 0) is 5.41 Å². The van der Waals surface area contributed by atoms with Crippen LogP contribution in [0.15, 0.2) is 18.3 Å². The van der Waals surface area contributed by atoms with Crippen LogP contribution in [0.3, 0.4) is 0 Å². The molecule has 2 heterocycles. The third kappa shape index (κ3) is 2.60. The third-order valence-electron chi connectivity index (χ3n) is 6.26. The zero-order chi connectivity index (χ0) is 17.7. The molecule has 4 bridgehead atoms. The largest absolute Gasteiger partial charge is 0.295 e. The number of aromatic nitrogens is 3. The number of pyridine rings is 1. The smallest absolute Gasteiger partial charge is 0.276 e. The Morgan fingerprint density at radius 1 is 1.19 bits per heavy atom. The van der Waals surface area contributed by atoms with Gasteiger partial charge in [-0.25, -0.2) is 0 Å². The predicted molar refractivity (Wildman–Crippen MR) is 96.7 cm³/mol. The van der Waals surface area contributed by atoms with Crippen LogP contribution >= 0.6 is 11.3 Å². The average molecular weight is 365 g/mol. The quantitative estimate of drug-likeness (QED) is 0.898. The molecule has 4 aliphatic carbocycles. The van der Waals surface area contributed by atoms with Crippen molar-refractivity contribution in [3.05, 3.63) is 34.6 Å². The highest BCUT2D eigenvalue weighted by atomic mass is 32.1. The van der Waals surface area contributed by atoms with E-state index in [9.17, 15) is 4.79 Å². The van der Waals surface area contributed by atoms with Gasteiger partial charge < -0.3 is 0 Å². The van der Waals surface area contributed by atoms with E-state index in [0.717, 1.165) is 22.8 Å². The Labute approximate surface area is 155 Å². The van der Waals surface area contributed by atoms with E-state index in [0.29, 0.717) is 10.7 Å². The molecule has 0 aromatic carbocycles. The van der Waals surface area contributed by atoms with Gasteiger partial charge >= 0.3 is 0 Å². The first-order valence-electron chi connectivity index (χ1n) is 9.15.